The van der Waals surface area contributed by atoms with Gasteiger partial charge in [-0.2, -0.15) is 0 Å². The number of unbranched alkanes of at least 4 members (excludes halogenated alkanes) is 5. The fraction of sp³-hybridized carbons (Fsp3) is 0.680. The van der Waals surface area contributed by atoms with Crippen molar-refractivity contribution in [2.24, 2.45) is 0 Å². The first-order valence-electron chi connectivity index (χ1n) is 11.9. The topological polar surface area (TPSA) is 61.9 Å². The summed E-state index contributed by atoms with van der Waals surface area (Å²) in [6.07, 6.45) is 7.21. The van der Waals surface area contributed by atoms with Crippen LogP contribution in [0, 0.1) is 0 Å². The van der Waals surface area contributed by atoms with E-state index >= 15 is 0 Å². The van der Waals surface area contributed by atoms with E-state index in [0.717, 1.165) is 25.2 Å². The van der Waals surface area contributed by atoms with Crippen molar-refractivity contribution in [3.05, 3.63) is 35.9 Å². The van der Waals surface area contributed by atoms with Crippen molar-refractivity contribution in [2.75, 3.05) is 32.7 Å². The number of benzene rings is 1. The number of carbonyl (C=O) groups excluding carboxylic acids is 2. The largest absolute Gasteiger partial charge is 0.444 e. The zero-order valence-electron chi connectivity index (χ0n) is 19.9. The van der Waals surface area contributed by atoms with Crippen LogP contribution >= 0.6 is 0 Å². The van der Waals surface area contributed by atoms with Crippen molar-refractivity contribution >= 4 is 12.0 Å². The molecule has 1 aliphatic rings. The second-order valence-electron chi connectivity index (χ2n) is 9.42. The van der Waals surface area contributed by atoms with Crippen molar-refractivity contribution in [3.63, 3.8) is 0 Å². The Bertz CT molecular complexity index is 664. The van der Waals surface area contributed by atoms with Crippen LogP contribution in [0.1, 0.15) is 77.8 Å². The van der Waals surface area contributed by atoms with E-state index in [2.05, 4.69) is 17.1 Å². The molecule has 6 heteroatoms. The van der Waals surface area contributed by atoms with Gasteiger partial charge in [0.15, 0.2) is 0 Å². The van der Waals surface area contributed by atoms with Crippen molar-refractivity contribution < 1.29 is 14.3 Å². The van der Waals surface area contributed by atoms with Crippen LogP contribution in [-0.4, -0.2) is 60.1 Å². The van der Waals surface area contributed by atoms with E-state index in [4.69, 9.17) is 4.74 Å². The molecule has 1 atom stereocenters. The molecule has 1 saturated heterocycles. The second-order valence-corrected chi connectivity index (χ2v) is 9.42. The summed E-state index contributed by atoms with van der Waals surface area (Å²) in [6, 6.07) is 8.67. The number of rotatable bonds is 10. The number of piperazine rings is 1. The van der Waals surface area contributed by atoms with Gasteiger partial charge in [0.1, 0.15) is 11.6 Å². The van der Waals surface area contributed by atoms with Crippen LogP contribution in [-0.2, 0) is 9.53 Å². The SMILES string of the molecule is CCCCCCCCN1CCN(C(=O)C(NC(=O)OC(C)(C)C)c2ccccc2)CC1. The number of alkyl carbamates (subject to hydrolysis) is 1. The first-order valence-corrected chi connectivity index (χ1v) is 11.9. The molecule has 0 bridgehead atoms. The molecule has 31 heavy (non-hydrogen) atoms. The molecule has 0 spiro atoms. The van der Waals surface area contributed by atoms with Gasteiger partial charge in [0.2, 0.25) is 5.91 Å². The van der Waals surface area contributed by atoms with E-state index in [9.17, 15) is 9.59 Å². The highest BCUT2D eigenvalue weighted by Gasteiger charge is 2.31. The molecule has 1 fully saturated rings. The van der Waals surface area contributed by atoms with Crippen molar-refractivity contribution in [2.45, 2.75) is 77.9 Å². The molecule has 1 aromatic carbocycles. The minimum absolute atomic E-state index is 0.0729. The van der Waals surface area contributed by atoms with E-state index in [-0.39, 0.29) is 5.91 Å². The lowest BCUT2D eigenvalue weighted by molar-refractivity contribution is -0.135. The summed E-state index contributed by atoms with van der Waals surface area (Å²) >= 11 is 0. The summed E-state index contributed by atoms with van der Waals surface area (Å²) in [5.74, 6) is -0.0729. The quantitative estimate of drug-likeness (QED) is 0.543. The average molecular weight is 432 g/mol. The van der Waals surface area contributed by atoms with Gasteiger partial charge in [0, 0.05) is 26.2 Å². The number of carbonyl (C=O) groups is 2. The Morgan fingerprint density at radius 3 is 2.19 bits per heavy atom. The fourth-order valence-corrected chi connectivity index (χ4v) is 3.85. The lowest BCUT2D eigenvalue weighted by Gasteiger charge is -2.36. The number of amides is 2. The van der Waals surface area contributed by atoms with Crippen LogP contribution in [0.5, 0.6) is 0 Å². The lowest BCUT2D eigenvalue weighted by atomic mass is 10.1. The van der Waals surface area contributed by atoms with Gasteiger partial charge in [0.05, 0.1) is 0 Å². The predicted molar refractivity (Wildman–Crippen MR) is 125 cm³/mol. The highest BCUT2D eigenvalue weighted by atomic mass is 16.6. The Kier molecular flexibility index (Phi) is 10.3. The van der Waals surface area contributed by atoms with Crippen molar-refractivity contribution in [1.29, 1.82) is 0 Å². The standard InChI is InChI=1S/C25H41N3O3/c1-5-6-7-8-9-13-16-27-17-19-28(20-18-27)23(29)22(21-14-11-10-12-15-21)26-24(30)31-25(2,3)4/h10-12,14-15,22H,5-9,13,16-20H2,1-4H3,(H,26,30). The van der Waals surface area contributed by atoms with Gasteiger partial charge in [-0.1, -0.05) is 69.4 Å². The number of hydrogen-bond acceptors (Lipinski definition) is 4. The highest BCUT2D eigenvalue weighted by Crippen LogP contribution is 2.19. The molecular weight excluding hydrogens is 390 g/mol. The summed E-state index contributed by atoms with van der Waals surface area (Å²) in [4.78, 5) is 30.0. The first kappa shape index (κ1) is 25.2. The minimum atomic E-state index is -0.735. The van der Waals surface area contributed by atoms with Gasteiger partial charge < -0.3 is 15.0 Å². The molecule has 1 unspecified atom stereocenters. The second kappa shape index (κ2) is 12.7. The van der Waals surface area contributed by atoms with Crippen LogP contribution in [0.15, 0.2) is 30.3 Å². The molecule has 1 aliphatic heterocycles. The maximum absolute atomic E-state index is 13.3. The van der Waals surface area contributed by atoms with E-state index in [0.29, 0.717) is 13.1 Å². The van der Waals surface area contributed by atoms with E-state index in [1.54, 1.807) is 0 Å². The maximum atomic E-state index is 13.3. The van der Waals surface area contributed by atoms with Gasteiger partial charge in [-0.25, -0.2) is 4.79 Å². The molecule has 6 nitrogen and oxygen atoms in total. The Balaban J connectivity index is 1.88. The molecule has 0 aromatic heterocycles. The van der Waals surface area contributed by atoms with Crippen molar-refractivity contribution in [1.82, 2.24) is 15.1 Å². The Labute approximate surface area is 188 Å². The minimum Gasteiger partial charge on any atom is -0.444 e. The monoisotopic (exact) mass is 431 g/mol. The molecule has 0 aliphatic carbocycles. The fourth-order valence-electron chi connectivity index (χ4n) is 3.85. The van der Waals surface area contributed by atoms with E-state index in [1.807, 2.05) is 56.0 Å². The van der Waals surface area contributed by atoms with Crippen LogP contribution < -0.4 is 5.32 Å². The molecular formula is C25H41N3O3. The third-order valence-corrected chi connectivity index (χ3v) is 5.55. The van der Waals surface area contributed by atoms with E-state index in [1.165, 1.54) is 38.5 Å². The molecule has 174 valence electrons. The normalized spacial score (nSPS) is 16.1. The summed E-state index contributed by atoms with van der Waals surface area (Å²) in [5.41, 5.74) is 0.157. The molecule has 1 aromatic rings. The smallest absolute Gasteiger partial charge is 0.408 e. The summed E-state index contributed by atoms with van der Waals surface area (Å²) < 4.78 is 5.39. The van der Waals surface area contributed by atoms with Gasteiger partial charge in [-0.05, 0) is 39.3 Å². The predicted octanol–water partition coefficient (Wildman–Crippen LogP) is 4.76. The van der Waals surface area contributed by atoms with Crippen LogP contribution in [0.4, 0.5) is 4.79 Å². The number of ether oxygens (including phenoxy) is 1. The third-order valence-electron chi connectivity index (χ3n) is 5.55. The average Bonchev–Trinajstić information content (AvgIpc) is 2.74. The van der Waals surface area contributed by atoms with Crippen LogP contribution in [0.2, 0.25) is 0 Å². The molecule has 2 amide bonds. The molecule has 0 radical (unpaired) electrons. The Morgan fingerprint density at radius 1 is 0.968 bits per heavy atom. The summed E-state index contributed by atoms with van der Waals surface area (Å²) in [7, 11) is 0. The highest BCUT2D eigenvalue weighted by molar-refractivity contribution is 5.87. The number of nitrogens with one attached hydrogen (secondary N) is 1. The zero-order valence-corrected chi connectivity index (χ0v) is 19.9. The zero-order chi connectivity index (χ0) is 22.7. The summed E-state index contributed by atoms with van der Waals surface area (Å²) in [6.45, 7) is 11.9. The van der Waals surface area contributed by atoms with Gasteiger partial charge >= 0.3 is 6.09 Å². The first-order chi connectivity index (χ1) is 14.8. The Hall–Kier alpha value is -2.08. The maximum Gasteiger partial charge on any atom is 0.408 e. The Morgan fingerprint density at radius 2 is 1.58 bits per heavy atom. The molecule has 2 rings (SSSR count). The van der Waals surface area contributed by atoms with Crippen LogP contribution in [0.3, 0.4) is 0 Å². The third kappa shape index (κ3) is 9.30. The van der Waals surface area contributed by atoms with Crippen LogP contribution in [0.25, 0.3) is 0 Å². The molecule has 1 heterocycles. The van der Waals surface area contributed by atoms with Gasteiger partial charge in [0.25, 0.3) is 0 Å². The van der Waals surface area contributed by atoms with Gasteiger partial charge in [-0.15, -0.1) is 0 Å². The van der Waals surface area contributed by atoms with Gasteiger partial charge in [-0.3, -0.25) is 9.69 Å². The number of nitrogens with zero attached hydrogens (tertiary/aromatic N) is 2. The molecule has 1 N–H and O–H groups in total. The van der Waals surface area contributed by atoms with Crippen molar-refractivity contribution in [3.8, 4) is 0 Å². The summed E-state index contributed by atoms with van der Waals surface area (Å²) in [5, 5.41) is 2.79. The lowest BCUT2D eigenvalue weighted by Crippen LogP contribution is -2.52. The molecule has 0 saturated carbocycles. The number of hydrogen-bond donors (Lipinski definition) is 1. The van der Waals surface area contributed by atoms with E-state index < -0.39 is 17.7 Å².